The maximum absolute atomic E-state index is 12.4. The van der Waals surface area contributed by atoms with Gasteiger partial charge in [0.2, 0.25) is 0 Å². The van der Waals surface area contributed by atoms with Crippen molar-refractivity contribution in [3.63, 3.8) is 0 Å². The molecule has 0 saturated carbocycles. The number of methoxy groups -OCH3 is 2. The van der Waals surface area contributed by atoms with E-state index >= 15 is 0 Å². The molecule has 6 nitrogen and oxygen atoms in total. The fourth-order valence-corrected chi connectivity index (χ4v) is 3.28. The normalized spacial score (nSPS) is 14.7. The van der Waals surface area contributed by atoms with Crippen LogP contribution in [0.1, 0.15) is 10.4 Å². The van der Waals surface area contributed by atoms with Gasteiger partial charge in [0.25, 0.3) is 5.91 Å². The summed E-state index contributed by atoms with van der Waals surface area (Å²) in [5.74, 6) is 1.08. The maximum Gasteiger partial charge on any atom is 0.251 e. The fourth-order valence-electron chi connectivity index (χ4n) is 3.28. The number of anilines is 1. The molecule has 144 valence electrons. The molecule has 1 amide bonds. The van der Waals surface area contributed by atoms with Crippen LogP contribution in [-0.2, 0) is 0 Å². The number of para-hydroxylation sites is 1. The number of piperazine rings is 1. The van der Waals surface area contributed by atoms with Gasteiger partial charge in [0, 0.05) is 50.5 Å². The predicted molar refractivity (Wildman–Crippen MR) is 107 cm³/mol. The molecule has 0 spiro atoms. The topological polar surface area (TPSA) is 54.0 Å². The van der Waals surface area contributed by atoms with E-state index in [1.165, 1.54) is 5.69 Å². The van der Waals surface area contributed by atoms with E-state index in [4.69, 9.17) is 9.47 Å². The van der Waals surface area contributed by atoms with Gasteiger partial charge in [0.15, 0.2) is 11.5 Å². The number of benzene rings is 2. The first-order chi connectivity index (χ1) is 13.2. The number of amides is 1. The quantitative estimate of drug-likeness (QED) is 0.811. The van der Waals surface area contributed by atoms with E-state index in [0.717, 1.165) is 32.7 Å². The molecule has 0 unspecified atom stereocenters. The Balaban J connectivity index is 1.43. The van der Waals surface area contributed by atoms with Gasteiger partial charge in [0.1, 0.15) is 0 Å². The summed E-state index contributed by atoms with van der Waals surface area (Å²) in [5.41, 5.74) is 1.85. The Morgan fingerprint density at radius 1 is 0.963 bits per heavy atom. The second-order valence-electron chi connectivity index (χ2n) is 6.49. The lowest BCUT2D eigenvalue weighted by Crippen LogP contribution is -2.48. The highest BCUT2D eigenvalue weighted by molar-refractivity contribution is 5.94. The molecular weight excluding hydrogens is 342 g/mol. The first-order valence-electron chi connectivity index (χ1n) is 9.24. The Bertz CT molecular complexity index is 744. The highest BCUT2D eigenvalue weighted by Crippen LogP contribution is 2.27. The van der Waals surface area contributed by atoms with Crippen LogP contribution in [0.5, 0.6) is 11.5 Å². The molecule has 1 aliphatic rings. The van der Waals surface area contributed by atoms with E-state index < -0.39 is 0 Å². The first-order valence-corrected chi connectivity index (χ1v) is 9.24. The Hall–Kier alpha value is -2.73. The molecule has 0 atom stereocenters. The summed E-state index contributed by atoms with van der Waals surface area (Å²) in [6.07, 6.45) is 0. The highest BCUT2D eigenvalue weighted by Gasteiger charge is 2.17. The average Bonchev–Trinajstić information content (AvgIpc) is 2.74. The van der Waals surface area contributed by atoms with Crippen LogP contribution in [0.2, 0.25) is 0 Å². The van der Waals surface area contributed by atoms with Crippen molar-refractivity contribution in [1.82, 2.24) is 10.2 Å². The van der Waals surface area contributed by atoms with E-state index in [0.29, 0.717) is 23.6 Å². The molecule has 0 bridgehead atoms. The van der Waals surface area contributed by atoms with Crippen LogP contribution in [0.25, 0.3) is 0 Å². The number of hydrogen-bond acceptors (Lipinski definition) is 5. The Morgan fingerprint density at radius 3 is 2.33 bits per heavy atom. The lowest BCUT2D eigenvalue weighted by Gasteiger charge is -2.36. The number of ether oxygens (including phenoxy) is 2. The van der Waals surface area contributed by atoms with E-state index in [-0.39, 0.29) is 5.91 Å². The number of hydrogen-bond donors (Lipinski definition) is 1. The van der Waals surface area contributed by atoms with E-state index in [1.54, 1.807) is 32.4 Å². The van der Waals surface area contributed by atoms with Gasteiger partial charge < -0.3 is 19.7 Å². The van der Waals surface area contributed by atoms with Gasteiger partial charge in [-0.05, 0) is 30.3 Å². The Morgan fingerprint density at radius 2 is 1.67 bits per heavy atom. The van der Waals surface area contributed by atoms with E-state index in [9.17, 15) is 4.79 Å². The molecule has 0 aromatic heterocycles. The molecule has 6 heteroatoms. The van der Waals surface area contributed by atoms with E-state index in [2.05, 4.69) is 39.4 Å². The third-order valence-electron chi connectivity index (χ3n) is 4.85. The minimum Gasteiger partial charge on any atom is -0.493 e. The SMILES string of the molecule is COc1ccc(C(=O)NCCN2CCN(c3ccccc3)CC2)cc1OC. The van der Waals surface area contributed by atoms with E-state index in [1.807, 2.05) is 6.07 Å². The first kappa shape index (κ1) is 19.0. The second kappa shape index (κ2) is 9.28. The van der Waals surface area contributed by atoms with Crippen LogP contribution in [0.4, 0.5) is 5.69 Å². The molecule has 1 saturated heterocycles. The van der Waals surface area contributed by atoms with Crippen molar-refractivity contribution >= 4 is 11.6 Å². The molecule has 2 aromatic carbocycles. The molecule has 2 aromatic rings. The smallest absolute Gasteiger partial charge is 0.251 e. The molecule has 1 aliphatic heterocycles. The summed E-state index contributed by atoms with van der Waals surface area (Å²) in [5, 5.41) is 2.99. The summed E-state index contributed by atoms with van der Waals surface area (Å²) in [6.45, 7) is 5.49. The maximum atomic E-state index is 12.4. The molecule has 3 rings (SSSR count). The van der Waals surface area contributed by atoms with Crippen LogP contribution in [0.3, 0.4) is 0 Å². The van der Waals surface area contributed by atoms with Crippen LogP contribution < -0.4 is 19.7 Å². The summed E-state index contributed by atoms with van der Waals surface area (Å²) >= 11 is 0. The minimum atomic E-state index is -0.0983. The summed E-state index contributed by atoms with van der Waals surface area (Å²) < 4.78 is 10.5. The largest absolute Gasteiger partial charge is 0.493 e. The minimum absolute atomic E-state index is 0.0983. The molecule has 0 aliphatic carbocycles. The van der Waals surface area contributed by atoms with Crippen LogP contribution in [0, 0.1) is 0 Å². The number of carbonyl (C=O) groups excluding carboxylic acids is 1. The third kappa shape index (κ3) is 4.92. The Labute approximate surface area is 160 Å². The average molecular weight is 369 g/mol. The zero-order chi connectivity index (χ0) is 19.1. The monoisotopic (exact) mass is 369 g/mol. The van der Waals surface area contributed by atoms with Gasteiger partial charge in [-0.3, -0.25) is 9.69 Å². The zero-order valence-electron chi connectivity index (χ0n) is 16.0. The van der Waals surface area contributed by atoms with Crippen LogP contribution in [-0.4, -0.2) is 64.3 Å². The molecule has 1 heterocycles. The van der Waals surface area contributed by atoms with Crippen molar-refractivity contribution in [2.24, 2.45) is 0 Å². The summed E-state index contributed by atoms with van der Waals surface area (Å²) in [6, 6.07) is 15.7. The zero-order valence-corrected chi connectivity index (χ0v) is 16.0. The second-order valence-corrected chi connectivity index (χ2v) is 6.49. The van der Waals surface area contributed by atoms with Gasteiger partial charge in [-0.2, -0.15) is 0 Å². The van der Waals surface area contributed by atoms with Crippen LogP contribution >= 0.6 is 0 Å². The molecule has 27 heavy (non-hydrogen) atoms. The lowest BCUT2D eigenvalue weighted by atomic mass is 10.2. The van der Waals surface area contributed by atoms with Gasteiger partial charge in [-0.1, -0.05) is 18.2 Å². The third-order valence-corrected chi connectivity index (χ3v) is 4.85. The van der Waals surface area contributed by atoms with Crippen molar-refractivity contribution < 1.29 is 14.3 Å². The molecule has 1 fully saturated rings. The predicted octanol–water partition coefficient (Wildman–Crippen LogP) is 2.26. The standard InChI is InChI=1S/C21H27N3O3/c1-26-19-9-8-17(16-20(19)27-2)21(25)22-10-11-23-12-14-24(15-13-23)18-6-4-3-5-7-18/h3-9,16H,10-15H2,1-2H3,(H,22,25). The van der Waals surface area contributed by atoms with Gasteiger partial charge >= 0.3 is 0 Å². The number of nitrogens with zero attached hydrogens (tertiary/aromatic N) is 2. The van der Waals surface area contributed by atoms with Gasteiger partial charge in [-0.15, -0.1) is 0 Å². The van der Waals surface area contributed by atoms with Crippen molar-refractivity contribution in [2.45, 2.75) is 0 Å². The molecular formula is C21H27N3O3. The van der Waals surface area contributed by atoms with Gasteiger partial charge in [0.05, 0.1) is 14.2 Å². The molecule has 0 radical (unpaired) electrons. The van der Waals surface area contributed by atoms with Crippen molar-refractivity contribution in [3.05, 3.63) is 54.1 Å². The highest BCUT2D eigenvalue weighted by atomic mass is 16.5. The fraction of sp³-hybridized carbons (Fsp3) is 0.381. The summed E-state index contributed by atoms with van der Waals surface area (Å²) in [4.78, 5) is 17.1. The number of rotatable bonds is 7. The lowest BCUT2D eigenvalue weighted by molar-refractivity contribution is 0.0947. The number of nitrogens with one attached hydrogen (secondary N) is 1. The van der Waals surface area contributed by atoms with Crippen molar-refractivity contribution in [3.8, 4) is 11.5 Å². The Kier molecular flexibility index (Phi) is 6.54. The van der Waals surface area contributed by atoms with Crippen molar-refractivity contribution in [2.75, 3.05) is 58.4 Å². The van der Waals surface area contributed by atoms with Crippen LogP contribution in [0.15, 0.2) is 48.5 Å². The number of carbonyl (C=O) groups is 1. The summed E-state index contributed by atoms with van der Waals surface area (Å²) in [7, 11) is 3.14. The van der Waals surface area contributed by atoms with Gasteiger partial charge in [-0.25, -0.2) is 0 Å². The molecule has 1 N–H and O–H groups in total. The van der Waals surface area contributed by atoms with Crippen molar-refractivity contribution in [1.29, 1.82) is 0 Å².